The quantitative estimate of drug-likeness (QED) is 0.518. The number of pyridine rings is 1. The third-order valence-electron chi connectivity index (χ3n) is 5.14. The molecule has 2 aromatic rings. The van der Waals surface area contributed by atoms with Crippen molar-refractivity contribution in [1.29, 1.82) is 0 Å². The molecule has 3 rings (SSSR count). The first-order chi connectivity index (χ1) is 13.3. The Bertz CT molecular complexity index is 683. The monoisotopic (exact) mass is 369 g/mol. The number of aromatic nitrogens is 1. The van der Waals surface area contributed by atoms with E-state index < -0.39 is 0 Å². The van der Waals surface area contributed by atoms with Gasteiger partial charge in [0.1, 0.15) is 0 Å². The fourth-order valence-corrected chi connectivity index (χ4v) is 3.55. The molecule has 1 fully saturated rings. The summed E-state index contributed by atoms with van der Waals surface area (Å²) in [5, 5.41) is 0. The summed E-state index contributed by atoms with van der Waals surface area (Å²) in [6.45, 7) is 2.94. The van der Waals surface area contributed by atoms with E-state index >= 15 is 0 Å². The molecule has 0 radical (unpaired) electrons. The van der Waals surface area contributed by atoms with Crippen molar-refractivity contribution in [3.63, 3.8) is 0 Å². The largest absolute Gasteiger partial charge is 0.493 e. The Morgan fingerprint density at radius 2 is 1.85 bits per heavy atom. The van der Waals surface area contributed by atoms with Crippen molar-refractivity contribution < 1.29 is 14.2 Å². The van der Waals surface area contributed by atoms with Crippen LogP contribution in [0.25, 0.3) is 0 Å². The molecule has 27 heavy (non-hydrogen) atoms. The van der Waals surface area contributed by atoms with Gasteiger partial charge in [0.25, 0.3) is 0 Å². The van der Waals surface area contributed by atoms with Gasteiger partial charge in [-0.2, -0.15) is 0 Å². The summed E-state index contributed by atoms with van der Waals surface area (Å²) in [6.07, 6.45) is 11.7. The minimum absolute atomic E-state index is 0.00390. The molecule has 1 unspecified atom stereocenters. The lowest BCUT2D eigenvalue weighted by Crippen LogP contribution is -2.13. The standard InChI is InChI=1S/C23H31NO3/c1-3-4-15-26-22(16-18-11-13-24-14-12-18)19-9-10-21(25-2)23(17-19)27-20-7-5-6-8-20/h9-14,17,20,22H,3-8,15-16H2,1-2H3. The maximum Gasteiger partial charge on any atom is 0.161 e. The van der Waals surface area contributed by atoms with Gasteiger partial charge < -0.3 is 14.2 Å². The first-order valence-corrected chi connectivity index (χ1v) is 10.1. The molecule has 1 heterocycles. The summed E-state index contributed by atoms with van der Waals surface area (Å²) < 4.78 is 18.1. The summed E-state index contributed by atoms with van der Waals surface area (Å²) in [5.41, 5.74) is 2.36. The van der Waals surface area contributed by atoms with Crippen LogP contribution in [0.4, 0.5) is 0 Å². The van der Waals surface area contributed by atoms with Crippen LogP contribution >= 0.6 is 0 Å². The highest BCUT2D eigenvalue weighted by Gasteiger charge is 2.21. The molecule has 1 saturated carbocycles. The number of methoxy groups -OCH3 is 1. The van der Waals surface area contributed by atoms with Gasteiger partial charge in [0, 0.05) is 25.4 Å². The third-order valence-corrected chi connectivity index (χ3v) is 5.14. The minimum atomic E-state index is -0.00390. The molecular weight excluding hydrogens is 338 g/mol. The highest BCUT2D eigenvalue weighted by molar-refractivity contribution is 5.44. The van der Waals surface area contributed by atoms with Gasteiger partial charge >= 0.3 is 0 Å². The Morgan fingerprint density at radius 1 is 1.07 bits per heavy atom. The zero-order valence-corrected chi connectivity index (χ0v) is 16.5. The molecule has 4 nitrogen and oxygen atoms in total. The number of unbranched alkanes of at least 4 members (excludes halogenated alkanes) is 1. The van der Waals surface area contributed by atoms with E-state index in [1.807, 2.05) is 18.5 Å². The number of benzene rings is 1. The minimum Gasteiger partial charge on any atom is -0.493 e. The first-order valence-electron chi connectivity index (χ1n) is 10.1. The van der Waals surface area contributed by atoms with E-state index in [0.717, 1.165) is 55.8 Å². The van der Waals surface area contributed by atoms with Gasteiger partial charge in [0.05, 0.1) is 19.3 Å². The summed E-state index contributed by atoms with van der Waals surface area (Å²) >= 11 is 0. The zero-order chi connectivity index (χ0) is 18.9. The Morgan fingerprint density at radius 3 is 2.56 bits per heavy atom. The van der Waals surface area contributed by atoms with E-state index in [0.29, 0.717) is 6.10 Å². The SMILES string of the molecule is CCCCOC(Cc1ccncc1)c1ccc(OC)c(OC2CCCC2)c1. The van der Waals surface area contributed by atoms with E-state index in [2.05, 4.69) is 36.2 Å². The molecule has 1 aromatic carbocycles. The van der Waals surface area contributed by atoms with Crippen LogP contribution in [0.3, 0.4) is 0 Å². The van der Waals surface area contributed by atoms with Gasteiger partial charge in [-0.05, 0) is 67.5 Å². The summed E-state index contributed by atoms with van der Waals surface area (Å²) in [5.74, 6) is 1.63. The maximum atomic E-state index is 6.27. The predicted molar refractivity (Wildman–Crippen MR) is 107 cm³/mol. The average molecular weight is 370 g/mol. The number of hydrogen-bond donors (Lipinski definition) is 0. The third kappa shape index (κ3) is 5.70. The number of rotatable bonds is 10. The molecule has 0 aliphatic heterocycles. The fraction of sp³-hybridized carbons (Fsp3) is 0.522. The Hall–Kier alpha value is -2.07. The van der Waals surface area contributed by atoms with Crippen molar-refractivity contribution in [2.75, 3.05) is 13.7 Å². The van der Waals surface area contributed by atoms with Gasteiger partial charge in [0.15, 0.2) is 11.5 Å². The highest BCUT2D eigenvalue weighted by atomic mass is 16.5. The molecule has 146 valence electrons. The lowest BCUT2D eigenvalue weighted by molar-refractivity contribution is 0.0505. The molecule has 1 aliphatic rings. The van der Waals surface area contributed by atoms with Crippen molar-refractivity contribution in [3.05, 3.63) is 53.9 Å². The van der Waals surface area contributed by atoms with Crippen LogP contribution in [0.2, 0.25) is 0 Å². The topological polar surface area (TPSA) is 40.6 Å². The molecule has 4 heteroatoms. The molecule has 0 amide bonds. The predicted octanol–water partition coefficient (Wildman–Crippen LogP) is 5.51. The summed E-state index contributed by atoms with van der Waals surface area (Å²) in [4.78, 5) is 4.12. The number of nitrogens with zero attached hydrogens (tertiary/aromatic N) is 1. The van der Waals surface area contributed by atoms with Crippen molar-refractivity contribution in [3.8, 4) is 11.5 Å². The Kier molecular flexibility index (Phi) is 7.52. The average Bonchev–Trinajstić information content (AvgIpc) is 3.21. The van der Waals surface area contributed by atoms with Crippen molar-refractivity contribution >= 4 is 0 Å². The fourth-order valence-electron chi connectivity index (χ4n) is 3.55. The van der Waals surface area contributed by atoms with Gasteiger partial charge in [-0.1, -0.05) is 19.4 Å². The molecule has 1 aromatic heterocycles. The van der Waals surface area contributed by atoms with Crippen molar-refractivity contribution in [1.82, 2.24) is 4.98 Å². The highest BCUT2D eigenvalue weighted by Crippen LogP contribution is 2.35. The number of ether oxygens (including phenoxy) is 3. The van der Waals surface area contributed by atoms with Crippen LogP contribution in [0.15, 0.2) is 42.7 Å². The lowest BCUT2D eigenvalue weighted by Gasteiger charge is -2.22. The molecule has 0 spiro atoms. The van der Waals surface area contributed by atoms with Crippen LogP contribution in [0.5, 0.6) is 11.5 Å². The summed E-state index contributed by atoms with van der Waals surface area (Å²) in [7, 11) is 1.70. The Balaban J connectivity index is 1.80. The van der Waals surface area contributed by atoms with Crippen LogP contribution < -0.4 is 9.47 Å². The van der Waals surface area contributed by atoms with Crippen LogP contribution in [-0.2, 0) is 11.2 Å². The maximum absolute atomic E-state index is 6.27. The molecule has 0 saturated heterocycles. The van der Waals surface area contributed by atoms with E-state index in [1.54, 1.807) is 7.11 Å². The summed E-state index contributed by atoms with van der Waals surface area (Å²) in [6, 6.07) is 10.3. The van der Waals surface area contributed by atoms with E-state index in [1.165, 1.54) is 18.4 Å². The van der Waals surface area contributed by atoms with E-state index in [-0.39, 0.29) is 6.10 Å². The second-order valence-electron chi connectivity index (χ2n) is 7.21. The smallest absolute Gasteiger partial charge is 0.161 e. The van der Waals surface area contributed by atoms with Crippen molar-refractivity contribution in [2.24, 2.45) is 0 Å². The van der Waals surface area contributed by atoms with Gasteiger partial charge in [-0.15, -0.1) is 0 Å². The second-order valence-corrected chi connectivity index (χ2v) is 7.21. The molecule has 1 aliphatic carbocycles. The van der Waals surface area contributed by atoms with E-state index in [9.17, 15) is 0 Å². The molecular formula is C23H31NO3. The molecule has 0 N–H and O–H groups in total. The number of hydrogen-bond acceptors (Lipinski definition) is 4. The van der Waals surface area contributed by atoms with Crippen molar-refractivity contribution in [2.45, 2.75) is 64.1 Å². The zero-order valence-electron chi connectivity index (χ0n) is 16.5. The molecule has 0 bridgehead atoms. The molecule has 1 atom stereocenters. The van der Waals surface area contributed by atoms with Gasteiger partial charge in [-0.25, -0.2) is 0 Å². The normalized spacial score (nSPS) is 15.6. The second kappa shape index (κ2) is 10.3. The van der Waals surface area contributed by atoms with Gasteiger partial charge in [0.2, 0.25) is 0 Å². The first kappa shape index (κ1) is 19.7. The lowest BCUT2D eigenvalue weighted by atomic mass is 10.0. The van der Waals surface area contributed by atoms with Crippen LogP contribution in [0.1, 0.15) is 62.7 Å². The Labute approximate surface area is 162 Å². The van der Waals surface area contributed by atoms with Crippen LogP contribution in [-0.4, -0.2) is 24.8 Å². The van der Waals surface area contributed by atoms with Gasteiger partial charge in [-0.3, -0.25) is 4.98 Å². The van der Waals surface area contributed by atoms with Crippen LogP contribution in [0, 0.1) is 0 Å². The van der Waals surface area contributed by atoms with E-state index in [4.69, 9.17) is 14.2 Å².